The van der Waals surface area contributed by atoms with Crippen LogP contribution in [0.25, 0.3) is 0 Å². The highest BCUT2D eigenvalue weighted by Gasteiger charge is 2.46. The molecule has 2 aliphatic rings. The molecule has 0 radical (unpaired) electrons. The van der Waals surface area contributed by atoms with Gasteiger partial charge in [-0.1, -0.05) is 0 Å². The van der Waals surface area contributed by atoms with E-state index in [4.69, 9.17) is 14.6 Å². The molecule has 0 aromatic rings. The molecule has 2 aliphatic heterocycles. The first-order chi connectivity index (χ1) is 5.68. The molecule has 5 heteroatoms. The van der Waals surface area contributed by atoms with Gasteiger partial charge in [0.25, 0.3) is 0 Å². The van der Waals surface area contributed by atoms with E-state index in [9.17, 15) is 9.90 Å². The van der Waals surface area contributed by atoms with Gasteiger partial charge < -0.3 is 19.7 Å². The van der Waals surface area contributed by atoms with Crippen molar-refractivity contribution >= 4 is 5.97 Å². The van der Waals surface area contributed by atoms with Crippen LogP contribution in [0.5, 0.6) is 0 Å². The maximum atomic E-state index is 10.8. The molecule has 0 amide bonds. The Bertz CT molecular complexity index is 204. The summed E-state index contributed by atoms with van der Waals surface area (Å²) in [4.78, 5) is 10.8. The van der Waals surface area contributed by atoms with E-state index in [2.05, 4.69) is 0 Å². The van der Waals surface area contributed by atoms with E-state index in [0.717, 1.165) is 0 Å². The summed E-state index contributed by atoms with van der Waals surface area (Å²) in [5.74, 6) is -0.377. The number of hydrogen-bond acceptors (Lipinski definition) is 5. The lowest BCUT2D eigenvalue weighted by molar-refractivity contribution is -0.178. The van der Waals surface area contributed by atoms with Gasteiger partial charge in [-0.25, -0.2) is 0 Å². The number of esters is 1. The van der Waals surface area contributed by atoms with Crippen LogP contribution in [-0.4, -0.2) is 47.2 Å². The zero-order valence-corrected chi connectivity index (χ0v) is 6.34. The highest BCUT2D eigenvalue weighted by atomic mass is 16.6. The number of rotatable bonds is 0. The lowest BCUT2D eigenvalue weighted by Crippen LogP contribution is -2.50. The highest BCUT2D eigenvalue weighted by Crippen LogP contribution is 2.26. The Hall–Kier alpha value is -0.650. The third kappa shape index (κ3) is 1.10. The summed E-state index contributed by atoms with van der Waals surface area (Å²) >= 11 is 0. The first kappa shape index (κ1) is 7.97. The molecule has 0 saturated carbocycles. The Morgan fingerprint density at radius 1 is 1.42 bits per heavy atom. The summed E-state index contributed by atoms with van der Waals surface area (Å²) in [5.41, 5.74) is 0. The Labute approximate surface area is 68.9 Å². The fourth-order valence-electron chi connectivity index (χ4n) is 1.54. The van der Waals surface area contributed by atoms with Crippen LogP contribution >= 0.6 is 0 Å². The maximum Gasteiger partial charge on any atom is 0.309 e. The Morgan fingerprint density at radius 3 is 2.92 bits per heavy atom. The van der Waals surface area contributed by atoms with Gasteiger partial charge >= 0.3 is 5.97 Å². The van der Waals surface area contributed by atoms with Gasteiger partial charge in [0.1, 0.15) is 18.3 Å². The van der Waals surface area contributed by atoms with Crippen molar-refractivity contribution in [2.45, 2.75) is 30.8 Å². The molecule has 12 heavy (non-hydrogen) atoms. The summed E-state index contributed by atoms with van der Waals surface area (Å²) in [7, 11) is 0. The van der Waals surface area contributed by atoms with Gasteiger partial charge in [-0.3, -0.25) is 4.79 Å². The van der Waals surface area contributed by atoms with E-state index < -0.39 is 18.3 Å². The van der Waals surface area contributed by atoms with Gasteiger partial charge in [0, 0.05) is 0 Å². The molecule has 2 heterocycles. The van der Waals surface area contributed by atoms with Crippen LogP contribution in [0.1, 0.15) is 6.42 Å². The molecule has 4 atom stereocenters. The molecular formula is C7H10O5. The second kappa shape index (κ2) is 2.69. The minimum Gasteiger partial charge on any atom is -0.457 e. The van der Waals surface area contributed by atoms with Crippen LogP contribution in [0.2, 0.25) is 0 Å². The molecule has 0 aliphatic carbocycles. The predicted octanol–water partition coefficient (Wildman–Crippen LogP) is -1.58. The van der Waals surface area contributed by atoms with E-state index in [1.54, 1.807) is 0 Å². The van der Waals surface area contributed by atoms with Crippen LogP contribution in [0, 0.1) is 0 Å². The molecule has 0 spiro atoms. The van der Waals surface area contributed by atoms with Crippen LogP contribution in [0.4, 0.5) is 0 Å². The van der Waals surface area contributed by atoms with Crippen molar-refractivity contribution in [3.05, 3.63) is 0 Å². The number of carbonyl (C=O) groups excluding carboxylic acids is 1. The molecule has 2 saturated heterocycles. The number of fused-ring (bicyclic) bond motifs is 1. The van der Waals surface area contributed by atoms with Gasteiger partial charge in [-0.15, -0.1) is 0 Å². The molecule has 2 fully saturated rings. The largest absolute Gasteiger partial charge is 0.457 e. The second-order valence-electron chi connectivity index (χ2n) is 3.09. The van der Waals surface area contributed by atoms with Crippen molar-refractivity contribution in [3.63, 3.8) is 0 Å². The number of aliphatic hydroxyl groups is 2. The number of ether oxygens (including phenoxy) is 2. The molecule has 5 nitrogen and oxygen atoms in total. The molecule has 0 unspecified atom stereocenters. The smallest absolute Gasteiger partial charge is 0.309 e. The summed E-state index contributed by atoms with van der Waals surface area (Å²) in [5, 5.41) is 18.5. The average Bonchev–Trinajstić information content (AvgIpc) is 2.39. The van der Waals surface area contributed by atoms with Gasteiger partial charge in [0.05, 0.1) is 13.0 Å². The number of aliphatic hydroxyl groups excluding tert-OH is 2. The Kier molecular flexibility index (Phi) is 1.79. The van der Waals surface area contributed by atoms with Crippen molar-refractivity contribution < 1.29 is 24.5 Å². The van der Waals surface area contributed by atoms with Crippen LogP contribution in [0.3, 0.4) is 0 Å². The van der Waals surface area contributed by atoms with Crippen LogP contribution in [-0.2, 0) is 14.3 Å². The topological polar surface area (TPSA) is 76.0 Å². The molecule has 2 N–H and O–H groups in total. The van der Waals surface area contributed by atoms with Crippen molar-refractivity contribution in [2.24, 2.45) is 0 Å². The summed E-state index contributed by atoms with van der Waals surface area (Å²) in [6, 6.07) is 0. The SMILES string of the molecule is O=C1C[C@H]2OC[C@H](O)[C@@H](O)[C@H]2O1. The first-order valence-corrected chi connectivity index (χ1v) is 3.85. The van der Waals surface area contributed by atoms with Crippen molar-refractivity contribution in [2.75, 3.05) is 6.61 Å². The summed E-state index contributed by atoms with van der Waals surface area (Å²) in [6.07, 6.45) is -2.83. The average molecular weight is 174 g/mol. The van der Waals surface area contributed by atoms with Crippen LogP contribution < -0.4 is 0 Å². The van der Waals surface area contributed by atoms with E-state index in [-0.39, 0.29) is 25.1 Å². The van der Waals surface area contributed by atoms with E-state index in [1.807, 2.05) is 0 Å². The van der Waals surface area contributed by atoms with Gasteiger partial charge in [0.15, 0.2) is 6.10 Å². The minimum atomic E-state index is -1.00. The van der Waals surface area contributed by atoms with Crippen LogP contribution in [0.15, 0.2) is 0 Å². The highest BCUT2D eigenvalue weighted by molar-refractivity contribution is 5.72. The fraction of sp³-hybridized carbons (Fsp3) is 0.857. The fourth-order valence-corrected chi connectivity index (χ4v) is 1.54. The molecule has 0 aromatic heterocycles. The Balaban J connectivity index is 2.11. The van der Waals surface area contributed by atoms with Gasteiger partial charge in [0.2, 0.25) is 0 Å². The lowest BCUT2D eigenvalue weighted by atomic mass is 10.0. The number of hydrogen-bond donors (Lipinski definition) is 2. The Morgan fingerprint density at radius 2 is 2.17 bits per heavy atom. The van der Waals surface area contributed by atoms with E-state index >= 15 is 0 Å². The van der Waals surface area contributed by atoms with E-state index in [1.165, 1.54) is 0 Å². The zero-order valence-electron chi connectivity index (χ0n) is 6.34. The third-order valence-corrected chi connectivity index (χ3v) is 2.21. The first-order valence-electron chi connectivity index (χ1n) is 3.85. The lowest BCUT2D eigenvalue weighted by Gasteiger charge is -2.32. The van der Waals surface area contributed by atoms with Crippen molar-refractivity contribution in [1.82, 2.24) is 0 Å². The zero-order chi connectivity index (χ0) is 8.72. The monoisotopic (exact) mass is 174 g/mol. The second-order valence-corrected chi connectivity index (χ2v) is 3.09. The molecular weight excluding hydrogens is 164 g/mol. The van der Waals surface area contributed by atoms with Crippen molar-refractivity contribution in [3.8, 4) is 0 Å². The summed E-state index contributed by atoms with van der Waals surface area (Å²) < 4.78 is 9.87. The quantitative estimate of drug-likeness (QED) is 0.433. The third-order valence-electron chi connectivity index (χ3n) is 2.21. The predicted molar refractivity (Wildman–Crippen MR) is 36.3 cm³/mol. The number of carbonyl (C=O) groups is 1. The van der Waals surface area contributed by atoms with Crippen molar-refractivity contribution in [1.29, 1.82) is 0 Å². The maximum absolute atomic E-state index is 10.8. The standard InChI is InChI=1S/C7H10O5/c8-3-2-11-4-1-5(9)12-7(4)6(3)10/h3-4,6-8,10H,1-2H2/t3-,4+,6+,7-/m0/s1. The van der Waals surface area contributed by atoms with Gasteiger partial charge in [-0.2, -0.15) is 0 Å². The van der Waals surface area contributed by atoms with E-state index in [0.29, 0.717) is 0 Å². The molecule has 68 valence electrons. The normalized spacial score (nSPS) is 47.0. The summed E-state index contributed by atoms with van der Waals surface area (Å²) in [6.45, 7) is 0.0684. The molecule has 0 bridgehead atoms. The molecule has 2 rings (SSSR count). The van der Waals surface area contributed by atoms with Gasteiger partial charge in [-0.05, 0) is 0 Å². The minimum absolute atomic E-state index is 0.0684. The molecule has 0 aromatic carbocycles.